The summed E-state index contributed by atoms with van der Waals surface area (Å²) >= 11 is 0. The summed E-state index contributed by atoms with van der Waals surface area (Å²) in [5.41, 5.74) is 0. The van der Waals surface area contributed by atoms with Crippen molar-refractivity contribution in [2.45, 2.75) is 0 Å². The van der Waals surface area contributed by atoms with Gasteiger partial charge in [-0.05, 0) is 12.3 Å². The van der Waals surface area contributed by atoms with E-state index >= 15 is 0 Å². The Kier molecular flexibility index (Phi) is 142. The molecule has 0 saturated carbocycles. The summed E-state index contributed by atoms with van der Waals surface area (Å²) < 4.78 is 0. The Morgan fingerprint density at radius 1 is 0.520 bits per heavy atom. The SMILES string of the molecule is O=C(O)O.O=C([O-])O.O=C([O-])O.O=C([O-])[O-].O=C([O-])[O-].[Ca+2].[K+].[K+].[Na+].[Na+]. The molecule has 0 aromatic heterocycles. The van der Waals surface area contributed by atoms with Crippen LogP contribution in [0.25, 0.3) is 0 Å². The van der Waals surface area contributed by atoms with Gasteiger partial charge in [-0.1, -0.05) is 0 Å². The maximum Gasteiger partial charge on any atom is 2.00 e. The third kappa shape index (κ3) is 2000. The Hall–Kier alpha value is 2.88. The zero-order valence-electron chi connectivity index (χ0n) is 13.5. The zero-order chi connectivity index (χ0) is 17.9. The molecule has 0 atom stereocenters. The Labute approximate surface area is 298 Å². The van der Waals surface area contributed by atoms with Crippen molar-refractivity contribution in [1.29, 1.82) is 0 Å². The van der Waals surface area contributed by atoms with Crippen LogP contribution in [0.4, 0.5) is 24.0 Å². The first-order valence-corrected chi connectivity index (χ1v) is 3.14. The van der Waals surface area contributed by atoms with Gasteiger partial charge in [0.2, 0.25) is 12.3 Å². The van der Waals surface area contributed by atoms with Crippen LogP contribution in [-0.4, -0.2) is 88.9 Å². The van der Waals surface area contributed by atoms with Crippen LogP contribution >= 0.6 is 0 Å². The van der Waals surface area contributed by atoms with Gasteiger partial charge in [0.05, 0.1) is 0 Å². The molecule has 4 N–H and O–H groups in total. The van der Waals surface area contributed by atoms with Gasteiger partial charge in [0.1, 0.15) is 0 Å². The molecule has 25 heavy (non-hydrogen) atoms. The third-order valence-corrected chi connectivity index (χ3v) is 0. The van der Waals surface area contributed by atoms with Gasteiger partial charge in [-0.25, -0.2) is 4.79 Å². The van der Waals surface area contributed by atoms with Crippen LogP contribution in [0.15, 0.2) is 0 Å². The molecule has 0 amide bonds. The number of carbonyl (C=O) groups is 5. The van der Waals surface area contributed by atoms with Gasteiger partial charge in [-0.15, -0.1) is 0 Å². The van der Waals surface area contributed by atoms with E-state index in [0.29, 0.717) is 0 Å². The van der Waals surface area contributed by atoms with Crippen LogP contribution in [0, 0.1) is 0 Å². The second-order valence-electron chi connectivity index (χ2n) is 1.31. The predicted molar refractivity (Wildman–Crippen MR) is 43.2 cm³/mol. The van der Waals surface area contributed by atoms with Gasteiger partial charge in [0, 0.05) is 0 Å². The minimum absolute atomic E-state index is 0. The first-order valence-electron chi connectivity index (χ1n) is 3.14. The number of rotatable bonds is 0. The molecule has 0 bridgehead atoms. The molecule has 0 aliphatic carbocycles. The standard InChI is InChI=1S/5CH2O3.Ca.2K.2Na/c5*2-1(3)4;;;;;/h5*(H2,2,3,4);;;;;/q;;;;;+2;4*+1/p-6. The fourth-order valence-corrected chi connectivity index (χ4v) is 0. The molecule has 0 fully saturated rings. The van der Waals surface area contributed by atoms with Gasteiger partial charge in [-0.2, -0.15) is 0 Å². The monoisotopic (exact) mass is 468 g/mol. The summed E-state index contributed by atoms with van der Waals surface area (Å²) in [6.45, 7) is 0. The van der Waals surface area contributed by atoms with Gasteiger partial charge in [0.15, 0.2) is 0 Å². The maximum atomic E-state index is 8.56. The molecule has 20 heteroatoms. The molecular formula is C5H4CaK2Na2O15. The van der Waals surface area contributed by atoms with E-state index in [1.165, 1.54) is 0 Å². The van der Waals surface area contributed by atoms with E-state index in [4.69, 9.17) is 75.0 Å². The number of hydrogen-bond acceptors (Lipinski definition) is 11. The van der Waals surface area contributed by atoms with E-state index in [2.05, 4.69) is 0 Å². The van der Waals surface area contributed by atoms with Crippen molar-refractivity contribution < 1.29 is 237 Å². The van der Waals surface area contributed by atoms with Crippen LogP contribution in [0.5, 0.6) is 0 Å². The first-order chi connectivity index (χ1) is 8.66. The second-order valence-corrected chi connectivity index (χ2v) is 1.31. The maximum absolute atomic E-state index is 8.56. The third-order valence-electron chi connectivity index (χ3n) is 0. The minimum Gasteiger partial charge on any atom is -0.652 e. The van der Waals surface area contributed by atoms with Crippen LogP contribution in [0.1, 0.15) is 0 Å². The van der Waals surface area contributed by atoms with Gasteiger partial charge in [-0.3, -0.25) is 0 Å². The predicted octanol–water partition coefficient (Wildman–Crippen LogP) is -19.3. The minimum atomic E-state index is -2.33. The van der Waals surface area contributed by atoms with Gasteiger partial charge >= 0.3 is 206 Å². The van der Waals surface area contributed by atoms with Crippen molar-refractivity contribution in [2.75, 3.05) is 0 Å². The summed E-state index contributed by atoms with van der Waals surface area (Å²) in [5.74, 6) is 0. The van der Waals surface area contributed by atoms with Crippen molar-refractivity contribution in [2.24, 2.45) is 0 Å². The Morgan fingerprint density at radius 3 is 0.520 bits per heavy atom. The molecule has 0 spiro atoms. The molecule has 0 rings (SSSR count). The topological polar surface area (TPSA) is 305 Å². The fourth-order valence-electron chi connectivity index (χ4n) is 0. The summed E-state index contributed by atoms with van der Waals surface area (Å²) in [5, 5.41) is 77.9. The van der Waals surface area contributed by atoms with Gasteiger partial charge < -0.3 is 70.2 Å². The average molecular weight is 468 g/mol. The molecule has 120 valence electrons. The zero-order valence-corrected chi connectivity index (χ0v) is 25.9. The number of carboxylic acid groups (broad SMARTS) is 10. The summed E-state index contributed by atoms with van der Waals surface area (Å²) in [4.78, 5) is 42.1. The van der Waals surface area contributed by atoms with Crippen molar-refractivity contribution in [3.05, 3.63) is 0 Å². The molecular weight excluding hydrogens is 464 g/mol. The van der Waals surface area contributed by atoms with E-state index < -0.39 is 30.8 Å². The van der Waals surface area contributed by atoms with Crippen molar-refractivity contribution in [1.82, 2.24) is 0 Å². The van der Waals surface area contributed by atoms with Crippen LogP contribution < -0.4 is 193 Å². The summed E-state index contributed by atoms with van der Waals surface area (Å²) in [6.07, 6.45) is -10.7. The molecule has 0 saturated heterocycles. The molecule has 0 heterocycles. The normalized spacial score (nSPS) is 4.80. The Balaban J connectivity index is -0.0000000134. The molecule has 0 unspecified atom stereocenters. The number of carbonyl (C=O) groups excluding carboxylic acids is 2. The first kappa shape index (κ1) is 63.0. The Bertz CT molecular complexity index is 227. The van der Waals surface area contributed by atoms with Crippen molar-refractivity contribution in [3.8, 4) is 0 Å². The second kappa shape index (κ2) is 56.3. The van der Waals surface area contributed by atoms with Crippen LogP contribution in [0.2, 0.25) is 0 Å². The summed E-state index contributed by atoms with van der Waals surface area (Å²) in [7, 11) is 0. The largest absolute Gasteiger partial charge is 2.00 e. The van der Waals surface area contributed by atoms with Gasteiger partial charge in [0.25, 0.3) is 0 Å². The van der Waals surface area contributed by atoms with E-state index in [-0.39, 0.29) is 200 Å². The molecule has 15 nitrogen and oxygen atoms in total. The summed E-state index contributed by atoms with van der Waals surface area (Å²) in [6, 6.07) is 0. The number of hydrogen-bond donors (Lipinski definition) is 4. The Morgan fingerprint density at radius 2 is 0.520 bits per heavy atom. The van der Waals surface area contributed by atoms with Crippen molar-refractivity contribution in [3.63, 3.8) is 0 Å². The molecule has 0 aliphatic heterocycles. The fraction of sp³-hybridized carbons (Fsp3) is 0. The van der Waals surface area contributed by atoms with Crippen LogP contribution in [-0.2, 0) is 0 Å². The molecule has 0 aromatic carbocycles. The smallest absolute Gasteiger partial charge is 0.652 e. The molecule has 0 radical (unpaired) electrons. The molecule has 0 aromatic rings. The van der Waals surface area contributed by atoms with E-state index in [9.17, 15) is 0 Å². The molecule has 0 aliphatic rings. The van der Waals surface area contributed by atoms with E-state index in [1.807, 2.05) is 0 Å². The van der Waals surface area contributed by atoms with E-state index in [0.717, 1.165) is 0 Å². The quantitative estimate of drug-likeness (QED) is 0.240. The van der Waals surface area contributed by atoms with Crippen LogP contribution in [0.3, 0.4) is 0 Å². The van der Waals surface area contributed by atoms with E-state index in [1.54, 1.807) is 0 Å². The average Bonchev–Trinajstić information content (AvgIpc) is 1.94. The van der Waals surface area contributed by atoms with Crippen molar-refractivity contribution >= 4 is 68.5 Å².